The van der Waals surface area contributed by atoms with Crippen molar-refractivity contribution >= 4 is 0 Å². The van der Waals surface area contributed by atoms with Gasteiger partial charge in [0.1, 0.15) is 5.75 Å². The van der Waals surface area contributed by atoms with Crippen molar-refractivity contribution in [2.24, 2.45) is 5.92 Å². The minimum absolute atomic E-state index is 0.215. The third-order valence-electron chi connectivity index (χ3n) is 2.94. The van der Waals surface area contributed by atoms with Crippen molar-refractivity contribution in [3.8, 4) is 5.75 Å². The Hall–Kier alpha value is -1.88. The van der Waals surface area contributed by atoms with Crippen LogP contribution in [0.25, 0.3) is 0 Å². The molecule has 0 spiro atoms. The Morgan fingerprint density at radius 2 is 1.95 bits per heavy atom. The molecular formula is C15H21N3O2. The minimum Gasteiger partial charge on any atom is -0.493 e. The van der Waals surface area contributed by atoms with Crippen LogP contribution in [0, 0.1) is 5.92 Å². The Bertz CT molecular complexity index is 494. The number of nitrogens with one attached hydrogen (secondary N) is 1. The SMILES string of the molecule is CC(C)COc1ccc(C(C)NCc2ncon2)cc1. The summed E-state index contributed by atoms with van der Waals surface area (Å²) in [6.07, 6.45) is 1.34. The molecule has 108 valence electrons. The lowest BCUT2D eigenvalue weighted by atomic mass is 10.1. The van der Waals surface area contributed by atoms with Crippen LogP contribution in [0.2, 0.25) is 0 Å². The van der Waals surface area contributed by atoms with Crippen molar-refractivity contribution in [1.29, 1.82) is 0 Å². The second kappa shape index (κ2) is 7.05. The molecule has 20 heavy (non-hydrogen) atoms. The molecule has 1 aromatic heterocycles. The average molecular weight is 275 g/mol. The van der Waals surface area contributed by atoms with Crippen molar-refractivity contribution in [2.45, 2.75) is 33.4 Å². The van der Waals surface area contributed by atoms with Gasteiger partial charge in [-0.3, -0.25) is 0 Å². The molecule has 0 saturated carbocycles. The fraction of sp³-hybridized carbons (Fsp3) is 0.467. The van der Waals surface area contributed by atoms with Crippen molar-refractivity contribution < 1.29 is 9.26 Å². The summed E-state index contributed by atoms with van der Waals surface area (Å²) in [5.41, 5.74) is 1.20. The van der Waals surface area contributed by atoms with Gasteiger partial charge in [0.25, 0.3) is 0 Å². The van der Waals surface area contributed by atoms with Gasteiger partial charge in [-0.2, -0.15) is 4.98 Å². The second-order valence-electron chi connectivity index (χ2n) is 5.22. The van der Waals surface area contributed by atoms with Gasteiger partial charge in [-0.05, 0) is 30.5 Å². The molecule has 5 heteroatoms. The molecule has 1 atom stereocenters. The van der Waals surface area contributed by atoms with Gasteiger partial charge in [-0.15, -0.1) is 0 Å². The molecule has 1 unspecified atom stereocenters. The number of aromatic nitrogens is 2. The second-order valence-corrected chi connectivity index (χ2v) is 5.22. The molecule has 2 aromatic rings. The van der Waals surface area contributed by atoms with Gasteiger partial charge in [0, 0.05) is 6.04 Å². The van der Waals surface area contributed by atoms with Crippen LogP contribution in [-0.2, 0) is 6.54 Å². The highest BCUT2D eigenvalue weighted by atomic mass is 16.5. The molecule has 1 aromatic carbocycles. The first kappa shape index (κ1) is 14.5. The summed E-state index contributed by atoms with van der Waals surface area (Å²) in [4.78, 5) is 3.98. The third-order valence-corrected chi connectivity index (χ3v) is 2.94. The first-order valence-corrected chi connectivity index (χ1v) is 6.86. The summed E-state index contributed by atoms with van der Waals surface area (Å²) in [5, 5.41) is 7.11. The Balaban J connectivity index is 1.85. The van der Waals surface area contributed by atoms with E-state index in [2.05, 4.69) is 48.4 Å². The van der Waals surface area contributed by atoms with E-state index in [4.69, 9.17) is 9.26 Å². The largest absolute Gasteiger partial charge is 0.493 e. The lowest BCUT2D eigenvalue weighted by Gasteiger charge is -2.14. The fourth-order valence-electron chi connectivity index (χ4n) is 1.75. The Morgan fingerprint density at radius 1 is 1.20 bits per heavy atom. The van der Waals surface area contributed by atoms with Crippen LogP contribution in [0.3, 0.4) is 0 Å². The van der Waals surface area contributed by atoms with Gasteiger partial charge in [-0.1, -0.05) is 31.1 Å². The van der Waals surface area contributed by atoms with E-state index in [1.54, 1.807) is 0 Å². The zero-order valence-electron chi connectivity index (χ0n) is 12.2. The van der Waals surface area contributed by atoms with Gasteiger partial charge in [0.05, 0.1) is 13.2 Å². The molecule has 0 aliphatic carbocycles. The maximum atomic E-state index is 5.67. The highest BCUT2D eigenvalue weighted by molar-refractivity contribution is 5.28. The lowest BCUT2D eigenvalue weighted by Crippen LogP contribution is -2.18. The average Bonchev–Trinajstić information content (AvgIpc) is 2.96. The van der Waals surface area contributed by atoms with Gasteiger partial charge < -0.3 is 14.6 Å². The molecule has 1 N–H and O–H groups in total. The van der Waals surface area contributed by atoms with Crippen LogP contribution in [0.1, 0.15) is 38.2 Å². The Kier molecular flexibility index (Phi) is 5.12. The van der Waals surface area contributed by atoms with E-state index >= 15 is 0 Å². The summed E-state index contributed by atoms with van der Waals surface area (Å²) in [5.74, 6) is 2.10. The van der Waals surface area contributed by atoms with E-state index in [0.717, 1.165) is 12.4 Å². The zero-order chi connectivity index (χ0) is 14.4. The summed E-state index contributed by atoms with van der Waals surface area (Å²) in [6, 6.07) is 8.37. The van der Waals surface area contributed by atoms with E-state index in [0.29, 0.717) is 18.3 Å². The standard InChI is InChI=1S/C15H21N3O2/c1-11(2)9-19-14-6-4-13(5-7-14)12(3)16-8-15-17-10-20-18-15/h4-7,10-12,16H,8-9H2,1-3H3. The van der Waals surface area contributed by atoms with Crippen LogP contribution in [-0.4, -0.2) is 16.7 Å². The molecule has 5 nitrogen and oxygen atoms in total. The molecule has 1 heterocycles. The number of benzene rings is 1. The highest BCUT2D eigenvalue weighted by Gasteiger charge is 2.07. The fourth-order valence-corrected chi connectivity index (χ4v) is 1.75. The van der Waals surface area contributed by atoms with Crippen LogP contribution < -0.4 is 10.1 Å². The van der Waals surface area contributed by atoms with E-state index in [-0.39, 0.29) is 6.04 Å². The molecule has 2 rings (SSSR count). The molecular weight excluding hydrogens is 254 g/mol. The number of rotatable bonds is 7. The van der Waals surface area contributed by atoms with Crippen molar-refractivity contribution in [3.63, 3.8) is 0 Å². The highest BCUT2D eigenvalue weighted by Crippen LogP contribution is 2.18. The van der Waals surface area contributed by atoms with E-state index in [1.807, 2.05) is 12.1 Å². The number of hydrogen-bond donors (Lipinski definition) is 1. The van der Waals surface area contributed by atoms with Gasteiger partial charge in [0.2, 0.25) is 6.39 Å². The van der Waals surface area contributed by atoms with E-state index < -0.39 is 0 Å². The predicted octanol–water partition coefficient (Wildman–Crippen LogP) is 2.96. The van der Waals surface area contributed by atoms with Crippen LogP contribution in [0.4, 0.5) is 0 Å². The maximum Gasteiger partial charge on any atom is 0.213 e. The third kappa shape index (κ3) is 4.35. The topological polar surface area (TPSA) is 60.2 Å². The van der Waals surface area contributed by atoms with Crippen molar-refractivity contribution in [2.75, 3.05) is 6.61 Å². The van der Waals surface area contributed by atoms with E-state index in [1.165, 1.54) is 12.0 Å². The Labute approximate surface area is 119 Å². The smallest absolute Gasteiger partial charge is 0.213 e. The van der Waals surface area contributed by atoms with E-state index in [9.17, 15) is 0 Å². The van der Waals surface area contributed by atoms with Gasteiger partial charge >= 0.3 is 0 Å². The molecule has 0 bridgehead atoms. The maximum absolute atomic E-state index is 5.67. The summed E-state index contributed by atoms with van der Waals surface area (Å²) < 4.78 is 10.4. The van der Waals surface area contributed by atoms with Gasteiger partial charge in [-0.25, -0.2) is 0 Å². The molecule has 0 saturated heterocycles. The Morgan fingerprint density at radius 3 is 2.55 bits per heavy atom. The van der Waals surface area contributed by atoms with Crippen LogP contribution in [0.15, 0.2) is 35.2 Å². The summed E-state index contributed by atoms with van der Waals surface area (Å²) in [6.45, 7) is 7.70. The minimum atomic E-state index is 0.215. The van der Waals surface area contributed by atoms with Crippen LogP contribution in [0.5, 0.6) is 5.75 Å². The number of nitrogens with zero attached hydrogens (tertiary/aromatic N) is 2. The summed E-state index contributed by atoms with van der Waals surface area (Å²) in [7, 11) is 0. The molecule has 0 amide bonds. The molecule has 0 radical (unpaired) electrons. The predicted molar refractivity (Wildman–Crippen MR) is 76.3 cm³/mol. The van der Waals surface area contributed by atoms with Crippen LogP contribution >= 0.6 is 0 Å². The van der Waals surface area contributed by atoms with Crippen molar-refractivity contribution in [3.05, 3.63) is 42.0 Å². The van der Waals surface area contributed by atoms with Gasteiger partial charge in [0.15, 0.2) is 5.82 Å². The first-order chi connectivity index (χ1) is 9.65. The summed E-state index contributed by atoms with van der Waals surface area (Å²) >= 11 is 0. The lowest BCUT2D eigenvalue weighted by molar-refractivity contribution is 0.271. The normalized spacial score (nSPS) is 12.6. The molecule has 0 aliphatic rings. The monoisotopic (exact) mass is 275 g/mol. The number of hydrogen-bond acceptors (Lipinski definition) is 5. The zero-order valence-corrected chi connectivity index (χ0v) is 12.2. The number of ether oxygens (including phenoxy) is 1. The quantitative estimate of drug-likeness (QED) is 0.841. The first-order valence-electron chi connectivity index (χ1n) is 6.86. The van der Waals surface area contributed by atoms with Crippen molar-refractivity contribution in [1.82, 2.24) is 15.5 Å². The molecule has 0 aliphatic heterocycles. The molecule has 0 fully saturated rings.